The second-order valence-corrected chi connectivity index (χ2v) is 4.25. The smallest absolute Gasteiger partial charge is 0.280 e. The van der Waals surface area contributed by atoms with E-state index < -0.39 is 0 Å². The number of aromatic nitrogens is 6. The Balaban J connectivity index is 1.91. The second-order valence-electron chi connectivity index (χ2n) is 4.25. The summed E-state index contributed by atoms with van der Waals surface area (Å²) >= 11 is 0. The van der Waals surface area contributed by atoms with Gasteiger partial charge in [-0.2, -0.15) is 4.98 Å². The van der Waals surface area contributed by atoms with Crippen molar-refractivity contribution < 1.29 is 4.52 Å². The lowest BCUT2D eigenvalue weighted by molar-refractivity contribution is 0.430. The van der Waals surface area contributed by atoms with Crippen LogP contribution < -0.4 is 5.73 Å². The van der Waals surface area contributed by atoms with Crippen molar-refractivity contribution in [2.75, 3.05) is 6.54 Å². The van der Waals surface area contributed by atoms with Gasteiger partial charge in [0.25, 0.3) is 5.89 Å². The van der Waals surface area contributed by atoms with Gasteiger partial charge >= 0.3 is 0 Å². The van der Waals surface area contributed by atoms with Crippen LogP contribution in [0.3, 0.4) is 0 Å². The highest BCUT2D eigenvalue weighted by Crippen LogP contribution is 2.21. The van der Waals surface area contributed by atoms with E-state index in [4.69, 9.17) is 10.3 Å². The van der Waals surface area contributed by atoms with Gasteiger partial charge < -0.3 is 10.3 Å². The maximum absolute atomic E-state index is 5.46. The number of hydrogen-bond donors (Lipinski definition) is 1. The van der Waals surface area contributed by atoms with Crippen LogP contribution in [0.15, 0.2) is 29.0 Å². The third kappa shape index (κ3) is 2.28. The third-order valence-corrected chi connectivity index (χ3v) is 2.76. The Morgan fingerprint density at radius 3 is 3.10 bits per heavy atom. The van der Waals surface area contributed by atoms with Crippen LogP contribution in [0.2, 0.25) is 0 Å². The number of nitrogens with zero attached hydrogens (tertiary/aromatic N) is 6. The van der Waals surface area contributed by atoms with E-state index in [0.717, 1.165) is 5.56 Å². The van der Waals surface area contributed by atoms with Gasteiger partial charge in [-0.3, -0.25) is 9.67 Å². The van der Waals surface area contributed by atoms with Gasteiger partial charge in [0.2, 0.25) is 5.82 Å². The molecule has 102 valence electrons. The number of pyridine rings is 1. The van der Waals surface area contributed by atoms with E-state index in [1.807, 2.05) is 19.1 Å². The summed E-state index contributed by atoms with van der Waals surface area (Å²) in [6.45, 7) is 3.02. The molecule has 0 aliphatic heterocycles. The Hall–Kier alpha value is -2.61. The van der Waals surface area contributed by atoms with Gasteiger partial charge in [-0.05, 0) is 18.6 Å². The van der Waals surface area contributed by atoms with Gasteiger partial charge in [-0.25, -0.2) is 0 Å². The van der Waals surface area contributed by atoms with Crippen LogP contribution in [0.25, 0.3) is 23.1 Å². The molecule has 3 aromatic rings. The van der Waals surface area contributed by atoms with Crippen molar-refractivity contribution in [2.45, 2.75) is 13.5 Å². The fourth-order valence-electron chi connectivity index (χ4n) is 1.78. The van der Waals surface area contributed by atoms with Crippen LogP contribution in [-0.4, -0.2) is 36.7 Å². The largest absolute Gasteiger partial charge is 0.332 e. The highest BCUT2D eigenvalue weighted by Gasteiger charge is 2.15. The summed E-state index contributed by atoms with van der Waals surface area (Å²) in [7, 11) is 0. The van der Waals surface area contributed by atoms with Gasteiger partial charge in [0, 0.05) is 12.7 Å². The lowest BCUT2D eigenvalue weighted by Gasteiger charge is -1.96. The zero-order valence-electron chi connectivity index (χ0n) is 10.9. The minimum atomic E-state index is 0.313. The standard InChI is InChI=1S/C12H13N7O/c1-8-3-2-5-14-10(8)11-15-12(20-17-11)9-7-19(6-4-13)18-16-9/h2-3,5,7H,4,6,13H2,1H3. The van der Waals surface area contributed by atoms with E-state index in [2.05, 4.69) is 25.4 Å². The number of rotatable bonds is 4. The first-order valence-corrected chi connectivity index (χ1v) is 6.14. The lowest BCUT2D eigenvalue weighted by atomic mass is 10.2. The van der Waals surface area contributed by atoms with E-state index in [0.29, 0.717) is 36.2 Å². The van der Waals surface area contributed by atoms with E-state index in [9.17, 15) is 0 Å². The predicted octanol–water partition coefficient (Wildman–Crippen LogP) is 0.657. The van der Waals surface area contributed by atoms with Crippen LogP contribution in [-0.2, 0) is 6.54 Å². The molecule has 3 aromatic heterocycles. The molecule has 8 nitrogen and oxygen atoms in total. The van der Waals surface area contributed by atoms with Gasteiger partial charge in [0.05, 0.1) is 12.7 Å². The highest BCUT2D eigenvalue weighted by molar-refractivity contribution is 5.56. The van der Waals surface area contributed by atoms with Crippen LogP contribution in [0, 0.1) is 6.92 Å². The molecule has 3 rings (SSSR count). The average molecular weight is 271 g/mol. The Bertz CT molecular complexity index is 718. The summed E-state index contributed by atoms with van der Waals surface area (Å²) in [5, 5.41) is 11.8. The van der Waals surface area contributed by atoms with Gasteiger partial charge in [0.15, 0.2) is 5.69 Å². The second kappa shape index (κ2) is 5.17. The molecule has 8 heteroatoms. The number of aryl methyl sites for hydroxylation is 1. The summed E-state index contributed by atoms with van der Waals surface area (Å²) < 4.78 is 6.83. The van der Waals surface area contributed by atoms with Crippen molar-refractivity contribution in [2.24, 2.45) is 5.73 Å². The van der Waals surface area contributed by atoms with E-state index in [1.54, 1.807) is 17.1 Å². The molecule has 0 atom stereocenters. The molecule has 3 heterocycles. The van der Waals surface area contributed by atoms with Crippen molar-refractivity contribution >= 4 is 0 Å². The normalized spacial score (nSPS) is 10.9. The third-order valence-electron chi connectivity index (χ3n) is 2.76. The van der Waals surface area contributed by atoms with Crippen molar-refractivity contribution in [3.8, 4) is 23.1 Å². The molecular formula is C12H13N7O. The summed E-state index contributed by atoms with van der Waals surface area (Å²) in [6, 6.07) is 3.80. The summed E-state index contributed by atoms with van der Waals surface area (Å²) in [5.74, 6) is 0.750. The Labute approximate surface area is 114 Å². The fourth-order valence-corrected chi connectivity index (χ4v) is 1.78. The maximum Gasteiger partial charge on any atom is 0.280 e. The predicted molar refractivity (Wildman–Crippen MR) is 70.3 cm³/mol. The van der Waals surface area contributed by atoms with Crippen LogP contribution >= 0.6 is 0 Å². The molecule has 0 amide bonds. The molecule has 0 radical (unpaired) electrons. The van der Waals surface area contributed by atoms with Crippen molar-refractivity contribution in [1.82, 2.24) is 30.1 Å². The first kappa shape index (κ1) is 12.4. The first-order chi connectivity index (χ1) is 9.78. The molecule has 0 aromatic carbocycles. The zero-order chi connectivity index (χ0) is 13.9. The molecule has 0 fully saturated rings. The summed E-state index contributed by atoms with van der Waals surface area (Å²) in [5.41, 5.74) is 7.65. The van der Waals surface area contributed by atoms with E-state index in [-0.39, 0.29) is 0 Å². The van der Waals surface area contributed by atoms with Gasteiger partial charge in [-0.15, -0.1) is 5.10 Å². The number of nitrogens with two attached hydrogens (primary N) is 1. The average Bonchev–Trinajstić information content (AvgIpc) is 3.08. The minimum Gasteiger partial charge on any atom is -0.332 e. The lowest BCUT2D eigenvalue weighted by Crippen LogP contribution is -2.10. The molecule has 20 heavy (non-hydrogen) atoms. The molecular weight excluding hydrogens is 258 g/mol. The molecule has 0 aliphatic carbocycles. The van der Waals surface area contributed by atoms with Crippen LogP contribution in [0.5, 0.6) is 0 Å². The molecule has 2 N–H and O–H groups in total. The first-order valence-electron chi connectivity index (χ1n) is 6.14. The summed E-state index contributed by atoms with van der Waals surface area (Å²) in [6.07, 6.45) is 3.41. The van der Waals surface area contributed by atoms with E-state index in [1.165, 1.54) is 0 Å². The minimum absolute atomic E-state index is 0.313. The number of hydrogen-bond acceptors (Lipinski definition) is 7. The molecule has 0 unspecified atom stereocenters. The van der Waals surface area contributed by atoms with Crippen molar-refractivity contribution in [1.29, 1.82) is 0 Å². The Kier molecular flexibility index (Phi) is 3.21. The molecule has 0 spiro atoms. The SMILES string of the molecule is Cc1cccnc1-c1noc(-c2cn(CCN)nn2)n1. The fraction of sp³-hybridized carbons (Fsp3) is 0.250. The Morgan fingerprint density at radius 2 is 2.30 bits per heavy atom. The summed E-state index contributed by atoms with van der Waals surface area (Å²) in [4.78, 5) is 8.55. The molecule has 0 aliphatic rings. The van der Waals surface area contributed by atoms with Gasteiger partial charge in [-0.1, -0.05) is 16.4 Å². The van der Waals surface area contributed by atoms with E-state index >= 15 is 0 Å². The highest BCUT2D eigenvalue weighted by atomic mass is 16.5. The monoisotopic (exact) mass is 271 g/mol. The van der Waals surface area contributed by atoms with Crippen molar-refractivity contribution in [3.05, 3.63) is 30.1 Å². The van der Waals surface area contributed by atoms with Crippen LogP contribution in [0.1, 0.15) is 5.56 Å². The van der Waals surface area contributed by atoms with Crippen LogP contribution in [0.4, 0.5) is 0 Å². The molecule has 0 bridgehead atoms. The maximum atomic E-state index is 5.46. The molecule has 0 saturated carbocycles. The topological polar surface area (TPSA) is 109 Å². The quantitative estimate of drug-likeness (QED) is 0.742. The van der Waals surface area contributed by atoms with Crippen molar-refractivity contribution in [3.63, 3.8) is 0 Å². The molecule has 0 saturated heterocycles. The zero-order valence-corrected chi connectivity index (χ0v) is 10.9. The Morgan fingerprint density at radius 1 is 1.40 bits per heavy atom. The van der Waals surface area contributed by atoms with Gasteiger partial charge in [0.1, 0.15) is 5.69 Å².